The second-order valence-corrected chi connectivity index (χ2v) is 11.7. The molecule has 39 heavy (non-hydrogen) atoms. The minimum absolute atomic E-state index is 0. The Hall–Kier alpha value is -3.60. The lowest BCUT2D eigenvalue weighted by Gasteiger charge is -2.31. The number of benzene rings is 2. The summed E-state index contributed by atoms with van der Waals surface area (Å²) in [7, 11) is -2.73. The molecule has 2 aromatic carbocycles. The second-order valence-electron chi connectivity index (χ2n) is 9.81. The van der Waals surface area contributed by atoms with Gasteiger partial charge in [-0.3, -0.25) is 14.2 Å². The number of hydrogen-bond acceptors (Lipinski definition) is 6. The highest BCUT2D eigenvalue weighted by molar-refractivity contribution is 7.91. The number of fused-ring (bicyclic) bond motifs is 2. The Morgan fingerprint density at radius 1 is 1.08 bits per heavy atom. The molecule has 4 N–H and O–H groups in total. The van der Waals surface area contributed by atoms with Crippen molar-refractivity contribution in [2.45, 2.75) is 49.8 Å². The quantitative estimate of drug-likeness (QED) is 0.318. The average Bonchev–Trinajstić information content (AvgIpc) is 3.39. The molecule has 11 heteroatoms. The van der Waals surface area contributed by atoms with E-state index in [4.69, 9.17) is 10.5 Å². The van der Waals surface area contributed by atoms with Crippen molar-refractivity contribution < 1.29 is 17.9 Å². The van der Waals surface area contributed by atoms with Crippen molar-refractivity contribution >= 4 is 44.7 Å². The molecular formula is C28H31ClN4O5S. The van der Waals surface area contributed by atoms with Crippen molar-refractivity contribution in [3.63, 3.8) is 0 Å². The molecular weight excluding hydrogens is 540 g/mol. The van der Waals surface area contributed by atoms with Crippen LogP contribution in [0, 0.1) is 5.92 Å². The zero-order chi connectivity index (χ0) is 27.4. The van der Waals surface area contributed by atoms with Gasteiger partial charge in [0.2, 0.25) is 9.84 Å². The molecule has 0 saturated carbocycles. The third-order valence-electron chi connectivity index (χ3n) is 6.97. The normalized spacial score (nSPS) is 15.0. The fourth-order valence-corrected chi connectivity index (χ4v) is 6.57. The summed E-state index contributed by atoms with van der Waals surface area (Å²) in [6.07, 6.45) is 1.58. The van der Waals surface area contributed by atoms with E-state index in [0.29, 0.717) is 33.5 Å². The molecule has 1 atom stereocenters. The molecule has 1 amide bonds. The van der Waals surface area contributed by atoms with Gasteiger partial charge < -0.3 is 20.8 Å². The minimum Gasteiger partial charge on any atom is -0.477 e. The van der Waals surface area contributed by atoms with Gasteiger partial charge in [-0.15, -0.1) is 12.4 Å². The van der Waals surface area contributed by atoms with Crippen LogP contribution >= 0.6 is 12.4 Å². The van der Waals surface area contributed by atoms with Gasteiger partial charge in [0.05, 0.1) is 10.6 Å². The number of pyridine rings is 1. The molecule has 0 aliphatic carbocycles. The van der Waals surface area contributed by atoms with Gasteiger partial charge in [-0.2, -0.15) is 0 Å². The summed E-state index contributed by atoms with van der Waals surface area (Å²) in [5, 5.41) is 3.16. The summed E-state index contributed by atoms with van der Waals surface area (Å²) in [4.78, 5) is 29.1. The van der Waals surface area contributed by atoms with Gasteiger partial charge in [0.1, 0.15) is 5.52 Å². The van der Waals surface area contributed by atoms with Crippen LogP contribution in [0.2, 0.25) is 0 Å². The Morgan fingerprint density at radius 2 is 1.77 bits per heavy atom. The number of ether oxygens (including phenoxy) is 1. The van der Waals surface area contributed by atoms with Crippen LogP contribution in [0.5, 0.6) is 5.75 Å². The summed E-state index contributed by atoms with van der Waals surface area (Å²) in [6.45, 7) is 5.87. The molecule has 206 valence electrons. The number of H-pyrrole nitrogens is 1. The first-order valence-corrected chi connectivity index (χ1v) is 14.0. The van der Waals surface area contributed by atoms with Gasteiger partial charge in [-0.25, -0.2) is 8.42 Å². The van der Waals surface area contributed by atoms with Crippen LogP contribution in [-0.4, -0.2) is 30.0 Å². The summed E-state index contributed by atoms with van der Waals surface area (Å²) in [6, 6.07) is 11.8. The number of hydrogen-bond donors (Lipinski definition) is 3. The number of nitrogens with one attached hydrogen (secondary N) is 2. The van der Waals surface area contributed by atoms with E-state index in [1.165, 1.54) is 7.05 Å². The SMILES string of the molecule is CCc1ccc(S(=O)(=O)c2c(-c3cc(CN)cc4c3OC(C(C)C)C(=O)N4)c3cc[nH]c3c(=O)n2C)cc1.Cl. The maximum Gasteiger partial charge on any atom is 0.275 e. The van der Waals surface area contributed by atoms with Gasteiger partial charge in [0.25, 0.3) is 11.5 Å². The number of amides is 1. The van der Waals surface area contributed by atoms with Crippen molar-refractivity contribution in [1.29, 1.82) is 0 Å². The number of anilines is 1. The zero-order valence-corrected chi connectivity index (χ0v) is 23.7. The van der Waals surface area contributed by atoms with E-state index in [2.05, 4.69) is 10.3 Å². The van der Waals surface area contributed by atoms with E-state index in [-0.39, 0.29) is 46.2 Å². The van der Waals surface area contributed by atoms with Crippen molar-refractivity contribution in [2.24, 2.45) is 18.7 Å². The van der Waals surface area contributed by atoms with Crippen LogP contribution in [-0.2, 0) is 34.6 Å². The third kappa shape index (κ3) is 4.62. The van der Waals surface area contributed by atoms with Crippen LogP contribution in [0.25, 0.3) is 22.0 Å². The number of sulfone groups is 1. The average molecular weight is 571 g/mol. The summed E-state index contributed by atoms with van der Waals surface area (Å²) in [5.41, 5.74) is 8.57. The van der Waals surface area contributed by atoms with Crippen molar-refractivity contribution in [3.05, 3.63) is 70.1 Å². The van der Waals surface area contributed by atoms with E-state index in [1.807, 2.05) is 20.8 Å². The van der Waals surface area contributed by atoms with Crippen LogP contribution in [0.3, 0.4) is 0 Å². The highest BCUT2D eigenvalue weighted by atomic mass is 35.5. The van der Waals surface area contributed by atoms with Crippen LogP contribution in [0.4, 0.5) is 5.69 Å². The molecule has 0 bridgehead atoms. The largest absolute Gasteiger partial charge is 0.477 e. The zero-order valence-electron chi connectivity index (χ0n) is 22.1. The number of carbonyl (C=O) groups is 1. The Bertz CT molecular complexity index is 1740. The summed E-state index contributed by atoms with van der Waals surface area (Å²) in [5.74, 6) is -0.0963. The predicted octanol–water partition coefficient (Wildman–Crippen LogP) is 4.16. The first kappa shape index (κ1) is 28.4. The van der Waals surface area contributed by atoms with Gasteiger partial charge in [-0.05, 0) is 53.8 Å². The smallest absolute Gasteiger partial charge is 0.275 e. The molecule has 1 unspecified atom stereocenters. The molecule has 0 saturated heterocycles. The number of carbonyl (C=O) groups excluding carboxylic acids is 1. The first-order valence-electron chi connectivity index (χ1n) is 12.5. The van der Waals surface area contributed by atoms with Crippen molar-refractivity contribution in [3.8, 4) is 16.9 Å². The Labute approximate surface area is 232 Å². The monoisotopic (exact) mass is 570 g/mol. The Morgan fingerprint density at radius 3 is 2.38 bits per heavy atom. The lowest BCUT2D eigenvalue weighted by molar-refractivity contribution is -0.125. The van der Waals surface area contributed by atoms with E-state index in [9.17, 15) is 18.0 Å². The fourth-order valence-electron chi connectivity index (χ4n) is 4.92. The topological polar surface area (TPSA) is 136 Å². The molecule has 0 spiro atoms. The van der Waals surface area contributed by atoms with E-state index in [1.54, 1.807) is 48.7 Å². The number of aromatic amines is 1. The maximum atomic E-state index is 14.2. The van der Waals surface area contributed by atoms with E-state index in [0.717, 1.165) is 16.6 Å². The number of aryl methyl sites for hydroxylation is 1. The molecule has 0 fully saturated rings. The van der Waals surface area contributed by atoms with Gasteiger partial charge in [-0.1, -0.05) is 32.9 Å². The van der Waals surface area contributed by atoms with Crippen LogP contribution < -0.4 is 21.3 Å². The first-order chi connectivity index (χ1) is 18.1. The Balaban J connectivity index is 0.00000353. The number of nitrogens with two attached hydrogens (primary N) is 1. The molecule has 3 heterocycles. The number of halogens is 1. The highest BCUT2D eigenvalue weighted by Crippen LogP contribution is 2.46. The lowest BCUT2D eigenvalue weighted by atomic mass is 9.96. The Kier molecular flexibility index (Phi) is 7.66. The highest BCUT2D eigenvalue weighted by Gasteiger charge is 2.36. The fraction of sp³-hybridized carbons (Fsp3) is 0.286. The van der Waals surface area contributed by atoms with Crippen molar-refractivity contribution in [2.75, 3.05) is 5.32 Å². The summed E-state index contributed by atoms with van der Waals surface area (Å²) < 4.78 is 35.8. The number of nitrogens with zero attached hydrogens (tertiary/aromatic N) is 1. The van der Waals surface area contributed by atoms with Crippen molar-refractivity contribution in [1.82, 2.24) is 9.55 Å². The van der Waals surface area contributed by atoms with E-state index >= 15 is 0 Å². The molecule has 5 rings (SSSR count). The van der Waals surface area contributed by atoms with Crippen LogP contribution in [0.15, 0.2) is 63.4 Å². The van der Waals surface area contributed by atoms with E-state index < -0.39 is 21.5 Å². The molecule has 4 aromatic rings. The number of aromatic nitrogens is 2. The summed E-state index contributed by atoms with van der Waals surface area (Å²) >= 11 is 0. The molecule has 1 aliphatic heterocycles. The molecule has 0 radical (unpaired) electrons. The number of rotatable bonds is 6. The van der Waals surface area contributed by atoms with Crippen LogP contribution in [0.1, 0.15) is 31.9 Å². The van der Waals surface area contributed by atoms with Gasteiger partial charge >= 0.3 is 0 Å². The predicted molar refractivity (Wildman–Crippen MR) is 153 cm³/mol. The molecule has 1 aliphatic rings. The van der Waals surface area contributed by atoms with Gasteiger partial charge in [0, 0.05) is 36.3 Å². The molecule has 9 nitrogen and oxygen atoms in total. The third-order valence-corrected chi connectivity index (χ3v) is 8.85. The second kappa shape index (κ2) is 10.5. The lowest BCUT2D eigenvalue weighted by Crippen LogP contribution is -2.41. The maximum absolute atomic E-state index is 14.2. The van der Waals surface area contributed by atoms with Gasteiger partial charge in [0.15, 0.2) is 16.9 Å². The molecule has 2 aromatic heterocycles. The standard InChI is InChI=1S/C28H30N4O5S.ClH/c1-5-16-6-8-18(9-7-16)38(35,36)28-22(19-10-11-30-23(19)27(34)32(28)4)20-12-17(14-29)13-21-25(20)37-24(15(2)3)26(33)31-21;/h6-13,15,24,30H,5,14,29H2,1-4H3,(H,31,33);1H. The minimum atomic E-state index is -4.18.